The first-order valence-corrected chi connectivity index (χ1v) is 27.1. The summed E-state index contributed by atoms with van der Waals surface area (Å²) >= 11 is 0. The average molecular weight is 1030 g/mol. The number of primary amides is 1. The van der Waals surface area contributed by atoms with E-state index in [1.807, 2.05) is 62.9 Å². The van der Waals surface area contributed by atoms with Crippen LogP contribution in [0.15, 0.2) is 82.2 Å². The van der Waals surface area contributed by atoms with E-state index in [1.165, 1.54) is 42.8 Å². The number of sulfonamides is 1. The summed E-state index contributed by atoms with van der Waals surface area (Å²) < 4.78 is 49.8. The van der Waals surface area contributed by atoms with Crippen LogP contribution in [-0.2, 0) is 47.0 Å². The topological polar surface area (TPSA) is 250 Å². The first kappa shape index (κ1) is 57.9. The van der Waals surface area contributed by atoms with E-state index >= 15 is 0 Å². The van der Waals surface area contributed by atoms with Crippen LogP contribution in [0.2, 0.25) is 0 Å². The minimum atomic E-state index is -3.80. The molecule has 2 aliphatic heterocycles. The Kier molecular flexibility index (Phi) is 24.0. The van der Waals surface area contributed by atoms with Crippen molar-refractivity contribution in [2.24, 2.45) is 34.0 Å². The molecule has 3 aromatic carbocycles. The number of halogens is 1. The molecule has 2 fully saturated rings. The molecule has 0 bridgehead atoms. The number of nitrogens with zero attached hydrogens (tertiary/aromatic N) is 3. The fourth-order valence-corrected chi connectivity index (χ4v) is 10.4. The van der Waals surface area contributed by atoms with E-state index in [4.69, 9.17) is 23.3 Å². The van der Waals surface area contributed by atoms with Crippen LogP contribution in [0.5, 0.6) is 0 Å². The molecular weight excluding hydrogens is 952 g/mol. The van der Waals surface area contributed by atoms with Gasteiger partial charge in [0, 0.05) is 63.1 Å². The van der Waals surface area contributed by atoms with E-state index in [0.717, 1.165) is 29.5 Å². The second kappa shape index (κ2) is 30.3. The van der Waals surface area contributed by atoms with Crippen molar-refractivity contribution in [3.8, 4) is 11.1 Å². The Morgan fingerprint density at radius 3 is 2.14 bits per heavy atom. The highest BCUT2D eigenvalue weighted by Crippen LogP contribution is 2.34. The van der Waals surface area contributed by atoms with E-state index in [9.17, 15) is 36.8 Å². The first-order valence-electron chi connectivity index (χ1n) is 26.4. The van der Waals surface area contributed by atoms with Crippen LogP contribution in [0.1, 0.15) is 129 Å². The number of fused-ring (bicyclic) bond motifs is 1. The third-order valence-electron chi connectivity index (χ3n) is 13.0. The lowest BCUT2D eigenvalue weighted by Gasteiger charge is -2.38. The summed E-state index contributed by atoms with van der Waals surface area (Å²) in [6.07, 6.45) is 14.2. The van der Waals surface area contributed by atoms with Crippen molar-refractivity contribution in [2.75, 3.05) is 39.9 Å². The Balaban J connectivity index is 0.00000120. The van der Waals surface area contributed by atoms with Gasteiger partial charge in [-0.15, -0.1) is 0 Å². The molecule has 400 valence electrons. The summed E-state index contributed by atoms with van der Waals surface area (Å²) in [5.41, 5.74) is 22.3. The second-order valence-corrected chi connectivity index (χ2v) is 21.2. The van der Waals surface area contributed by atoms with Crippen LogP contribution < -0.4 is 27.8 Å². The number of nitrogens with two attached hydrogens (primary N) is 3. The minimum absolute atomic E-state index is 0.000201. The molecule has 6 rings (SSSR count). The van der Waals surface area contributed by atoms with Crippen molar-refractivity contribution in [1.82, 2.24) is 19.8 Å². The summed E-state index contributed by atoms with van der Waals surface area (Å²) in [6.45, 7) is 9.90. The van der Waals surface area contributed by atoms with Crippen molar-refractivity contribution in [2.45, 2.75) is 141 Å². The molecule has 0 radical (unpaired) electrons. The fraction of sp³-hybridized carbons (Fsp3) is 0.527. The molecule has 73 heavy (non-hydrogen) atoms. The van der Waals surface area contributed by atoms with Gasteiger partial charge in [-0.2, -0.15) is 4.31 Å². The molecule has 2 heterocycles. The molecule has 0 unspecified atom stereocenters. The lowest BCUT2D eigenvalue weighted by atomic mass is 9.97. The number of esters is 1. The van der Waals surface area contributed by atoms with Gasteiger partial charge in [0.15, 0.2) is 5.78 Å². The standard InChI is InChI=1S/C48H64N8O8S.C6H12.CH3F/c1-5-21-55(22-6-2)47(60)38-24-37-18-17-36(26-41(37)53-43(49)27-38)35-9-7-10-39(25-35)65(62,63)56-28-34(29-56)16-19-44(58)64-30-33-14-12-32(13-15-33)23-42(57)40(11-8-20-52-48(51)61)54-46(59)45(50)31(3)4;1-2-4-6-5-3-1;1-2/h7,9-10,12-15,17-18,24-26,31,34,40,45H,5-6,8,11,16,19-23,27-30,50H2,1-4H3,(H2,49,53)(H,54,59)(H3,51,52,61);1-6H2;1H3/t40-,45-;;/m0../s1/i;;1D. The molecule has 3 aromatic rings. The molecule has 18 heteroatoms. The smallest absolute Gasteiger partial charge is 0.312 e. The highest BCUT2D eigenvalue weighted by Gasteiger charge is 2.37. The Labute approximate surface area is 433 Å². The Bertz CT molecular complexity index is 2480. The number of alkyl halides is 1. The number of nitrogens with one attached hydrogen (secondary N) is 2. The number of aliphatic imine (C=N–C) groups is 1. The lowest BCUT2D eigenvalue weighted by molar-refractivity contribution is -0.145. The van der Waals surface area contributed by atoms with Gasteiger partial charge in [0.05, 0.1) is 31.2 Å². The van der Waals surface area contributed by atoms with E-state index < -0.39 is 47.2 Å². The maximum Gasteiger partial charge on any atom is 0.312 e. The number of hydrogen-bond donors (Lipinski definition) is 5. The fourth-order valence-electron chi connectivity index (χ4n) is 8.75. The third kappa shape index (κ3) is 18.8. The normalized spacial score (nSPS) is 15.6. The molecule has 4 amide bonds. The molecule has 1 aliphatic carbocycles. The van der Waals surface area contributed by atoms with Gasteiger partial charge in [0.25, 0.3) is 0 Å². The number of ether oxygens (including phenoxy) is 1. The van der Waals surface area contributed by atoms with Crippen LogP contribution in [-0.4, -0.2) is 105 Å². The quantitative estimate of drug-likeness (QED) is 0.0454. The number of benzene rings is 3. The number of urea groups is 1. The minimum Gasteiger partial charge on any atom is -0.461 e. The molecule has 3 aliphatic rings. The average Bonchev–Trinajstić information content (AvgIpc) is 3.54. The van der Waals surface area contributed by atoms with Gasteiger partial charge in [-0.25, -0.2) is 18.2 Å². The molecular formula is C55H79FN8O8S. The van der Waals surface area contributed by atoms with Crippen molar-refractivity contribution in [3.63, 3.8) is 0 Å². The van der Waals surface area contributed by atoms with Crippen LogP contribution in [0, 0.1) is 11.8 Å². The van der Waals surface area contributed by atoms with E-state index in [2.05, 4.69) is 15.6 Å². The summed E-state index contributed by atoms with van der Waals surface area (Å²) in [6, 6.07) is 17.2. The van der Waals surface area contributed by atoms with Gasteiger partial charge in [0.1, 0.15) is 12.4 Å². The van der Waals surface area contributed by atoms with Crippen molar-refractivity contribution >= 4 is 57.2 Å². The third-order valence-corrected chi connectivity index (χ3v) is 14.9. The molecule has 16 nitrogen and oxygen atoms in total. The molecule has 8 N–H and O–H groups in total. The van der Waals surface area contributed by atoms with Gasteiger partial charge in [-0.05, 0) is 90.5 Å². The lowest BCUT2D eigenvalue weighted by Crippen LogP contribution is -2.50. The molecule has 2 atom stereocenters. The predicted octanol–water partition coefficient (Wildman–Crippen LogP) is 7.88. The zero-order chi connectivity index (χ0) is 54.2. The van der Waals surface area contributed by atoms with E-state index in [1.54, 1.807) is 42.5 Å². The highest BCUT2D eigenvalue weighted by molar-refractivity contribution is 7.89. The van der Waals surface area contributed by atoms with Gasteiger partial charge < -0.3 is 37.5 Å². The molecule has 1 saturated carbocycles. The number of Topliss-reactive ketones (excluding diaryl/α,β-unsaturated/α-hetero) is 1. The Hall–Kier alpha value is -5.98. The zero-order valence-corrected chi connectivity index (χ0v) is 44.0. The summed E-state index contributed by atoms with van der Waals surface area (Å²) in [7, 11) is -4.80. The van der Waals surface area contributed by atoms with Crippen molar-refractivity contribution in [1.29, 1.82) is 0 Å². The second-order valence-electron chi connectivity index (χ2n) is 19.3. The van der Waals surface area contributed by atoms with Crippen LogP contribution >= 0.6 is 0 Å². The zero-order valence-electron chi connectivity index (χ0n) is 44.2. The predicted molar refractivity (Wildman–Crippen MR) is 286 cm³/mol. The van der Waals surface area contributed by atoms with Crippen LogP contribution in [0.4, 0.5) is 14.9 Å². The van der Waals surface area contributed by atoms with Crippen molar-refractivity contribution < 1.29 is 42.9 Å². The maximum atomic E-state index is 13.7. The summed E-state index contributed by atoms with van der Waals surface area (Å²) in [4.78, 5) is 69.7. The van der Waals surface area contributed by atoms with E-state index in [0.29, 0.717) is 60.6 Å². The molecule has 0 spiro atoms. The Morgan fingerprint density at radius 2 is 1.53 bits per heavy atom. The summed E-state index contributed by atoms with van der Waals surface area (Å²) in [5.74, 6) is -0.874. The summed E-state index contributed by atoms with van der Waals surface area (Å²) in [5, 5.41) is 5.24. The number of ketones is 1. The number of amidine groups is 1. The first-order chi connectivity index (χ1) is 35.4. The largest absolute Gasteiger partial charge is 0.461 e. The molecule has 1 saturated heterocycles. The SMILES string of the molecule is C1CCCCC1.CCCN(CCC)C(=O)C1=Cc2ccc(-c3cccc(S(=O)(=O)N4CC(CCC(=O)OCc5ccc(CC(=O)[C@H](CCCNC(N)=O)NC(=O)[C@@H](N)C(C)C)cc5)C4)c3)cc2N=C(N)C1.[2H]CF. The monoisotopic (exact) mass is 1030 g/mol. The number of amides is 4. The number of rotatable bonds is 23. The van der Waals surface area contributed by atoms with Crippen LogP contribution in [0.3, 0.4) is 0 Å². The van der Waals surface area contributed by atoms with Gasteiger partial charge in [-0.3, -0.25) is 23.6 Å². The van der Waals surface area contributed by atoms with Crippen molar-refractivity contribution in [3.05, 3.63) is 89.0 Å². The van der Waals surface area contributed by atoms with Gasteiger partial charge in [-0.1, -0.05) is 115 Å². The maximum absolute atomic E-state index is 13.7. The number of carbonyl (C=O) groups is 5. The highest BCUT2D eigenvalue weighted by atomic mass is 32.2. The van der Waals surface area contributed by atoms with Gasteiger partial charge >= 0.3 is 12.0 Å². The van der Waals surface area contributed by atoms with Gasteiger partial charge in [0.2, 0.25) is 21.8 Å². The number of carbonyl (C=O) groups excluding carboxylic acids is 5. The number of hydrogen-bond acceptors (Lipinski definition) is 11. The Morgan fingerprint density at radius 1 is 0.918 bits per heavy atom. The molecule has 0 aromatic heterocycles. The van der Waals surface area contributed by atoms with E-state index in [-0.39, 0.29) is 73.9 Å². The van der Waals surface area contributed by atoms with Crippen LogP contribution in [0.25, 0.3) is 17.2 Å².